The molecular formula is C106H164O8S5. The predicted octanol–water partition coefficient (Wildman–Crippen LogP) is 36.9. The van der Waals surface area contributed by atoms with E-state index in [1.165, 1.54) is 328 Å². The van der Waals surface area contributed by atoms with Crippen LogP contribution in [0.25, 0.3) is 39.0 Å². The Morgan fingerprint density at radius 2 is 0.345 bits per heavy atom. The normalized spacial score (nSPS) is 11.5. The van der Waals surface area contributed by atoms with Crippen molar-refractivity contribution >= 4 is 68.3 Å². The van der Waals surface area contributed by atoms with Crippen LogP contribution in [0, 0.1) is 0 Å². The molecule has 0 spiro atoms. The molecule has 0 N–H and O–H groups in total. The van der Waals surface area contributed by atoms with Crippen molar-refractivity contribution in [1.29, 1.82) is 0 Å². The van der Waals surface area contributed by atoms with E-state index < -0.39 is 0 Å². The van der Waals surface area contributed by atoms with E-state index in [-0.39, 0.29) is 11.6 Å². The number of carbonyl (C=O) groups excluding carboxylic acids is 2. The first kappa shape index (κ1) is 101. The molecule has 2 aromatic carbocycles. The monoisotopic (exact) mass is 1730 g/mol. The maximum Gasteiger partial charge on any atom is 0.203 e. The van der Waals surface area contributed by atoms with Crippen LogP contribution < -0.4 is 28.4 Å². The zero-order valence-corrected chi connectivity index (χ0v) is 80.1. The first-order valence-electron chi connectivity index (χ1n) is 49.5. The number of rotatable bonds is 80. The van der Waals surface area contributed by atoms with Crippen LogP contribution in [0.2, 0.25) is 0 Å². The van der Waals surface area contributed by atoms with Gasteiger partial charge in [-0.2, -0.15) is 0 Å². The topological polar surface area (TPSA) is 89.5 Å². The van der Waals surface area contributed by atoms with Gasteiger partial charge in [-0.1, -0.05) is 388 Å². The van der Waals surface area contributed by atoms with Crippen molar-refractivity contribution in [3.8, 4) is 73.5 Å². The summed E-state index contributed by atoms with van der Waals surface area (Å²) in [6.45, 7) is 17.2. The maximum absolute atomic E-state index is 15.0. The summed E-state index contributed by atoms with van der Waals surface area (Å²) in [4.78, 5) is 40.6. The minimum Gasteiger partial charge on any atom is -0.490 e. The third-order valence-electron chi connectivity index (χ3n) is 23.5. The molecule has 0 radical (unpaired) electrons. The molecule has 7 rings (SSSR count). The fourth-order valence-corrected chi connectivity index (χ4v) is 21.3. The van der Waals surface area contributed by atoms with E-state index in [2.05, 4.69) is 90.1 Å². The molecule has 666 valence electrons. The summed E-state index contributed by atoms with van der Waals surface area (Å²) in [5.74, 6) is 3.75. The summed E-state index contributed by atoms with van der Waals surface area (Å²) in [7, 11) is 0. The van der Waals surface area contributed by atoms with Gasteiger partial charge in [0.25, 0.3) is 0 Å². The fourth-order valence-electron chi connectivity index (χ4n) is 16.0. The second-order valence-electron chi connectivity index (χ2n) is 34.3. The molecule has 0 atom stereocenters. The molecule has 0 bridgehead atoms. The van der Waals surface area contributed by atoms with E-state index in [4.69, 9.17) is 28.4 Å². The first-order chi connectivity index (χ1) is 58.8. The molecule has 7 aromatic rings. The van der Waals surface area contributed by atoms with E-state index in [1.54, 1.807) is 45.3 Å². The van der Waals surface area contributed by atoms with Crippen molar-refractivity contribution in [2.45, 2.75) is 427 Å². The second-order valence-corrected chi connectivity index (χ2v) is 39.7. The highest BCUT2D eigenvalue weighted by molar-refractivity contribution is 7.30. The maximum atomic E-state index is 15.0. The molecular weight excluding hydrogens is 1560 g/mol. The van der Waals surface area contributed by atoms with Gasteiger partial charge < -0.3 is 28.4 Å². The highest BCUT2D eigenvalue weighted by atomic mass is 32.1. The third-order valence-corrected chi connectivity index (χ3v) is 29.7. The largest absolute Gasteiger partial charge is 0.490 e. The minimum atomic E-state index is -0.0245. The molecule has 0 aliphatic rings. The number of hydrogen-bond acceptors (Lipinski definition) is 13. The van der Waals surface area contributed by atoms with Gasteiger partial charge >= 0.3 is 0 Å². The molecule has 0 amide bonds. The van der Waals surface area contributed by atoms with Gasteiger partial charge in [-0.15, -0.1) is 56.7 Å². The molecule has 8 nitrogen and oxygen atoms in total. The smallest absolute Gasteiger partial charge is 0.203 e. The highest BCUT2D eigenvalue weighted by Gasteiger charge is 2.25. The average Bonchev–Trinajstić information content (AvgIpc) is 1.78. The average molecular weight is 1730 g/mol. The van der Waals surface area contributed by atoms with Crippen molar-refractivity contribution in [3.05, 3.63) is 106 Å². The molecule has 5 heterocycles. The van der Waals surface area contributed by atoms with E-state index in [0.717, 1.165) is 96.6 Å². The molecule has 13 heteroatoms. The van der Waals surface area contributed by atoms with Crippen molar-refractivity contribution in [3.63, 3.8) is 0 Å². The standard InChI is InChI=1S/C106H164O8S5/c1-7-13-19-25-31-37-43-49-55-61-77-109-89-83-87(84-90(110-78-62-56-50-44-38-32-26-20-14-8-2)105(89)113-81-65-59-53-47-41-35-29-23-17-11-5)103(107)101-75-73-99(118-101)97-71-69-95(116-97)93-67-68-94(115-93)96-70-72-98(117-96)100-74-76-102(119-100)104(108)88-85-91(111-79-63-57-51-45-39-33-27-21-15-9-3)106(114-82-66-60-54-48-42-36-30-24-18-12-6)92(86-88)112-80-64-58-52-46-40-34-28-22-16-10-4/h67-76,83-86H,7-66,77-82H2,1-6H3. The summed E-state index contributed by atoms with van der Waals surface area (Å²) in [6.07, 6.45) is 75.5. The predicted molar refractivity (Wildman–Crippen MR) is 521 cm³/mol. The Morgan fingerprint density at radius 3 is 0.529 bits per heavy atom. The Morgan fingerprint density at radius 1 is 0.193 bits per heavy atom. The van der Waals surface area contributed by atoms with Gasteiger partial charge in [0.2, 0.25) is 23.1 Å². The number of unbranched alkanes of at least 4 members (excludes halogenated alkanes) is 54. The number of thiophene rings is 5. The minimum absolute atomic E-state index is 0.0245. The molecule has 0 aliphatic carbocycles. The Kier molecular flexibility index (Phi) is 56.6. The van der Waals surface area contributed by atoms with Gasteiger partial charge in [0.15, 0.2) is 23.0 Å². The van der Waals surface area contributed by atoms with Gasteiger partial charge in [0.1, 0.15) is 0 Å². The van der Waals surface area contributed by atoms with Crippen molar-refractivity contribution in [2.24, 2.45) is 0 Å². The SMILES string of the molecule is CCCCCCCCCCCCOc1cc(C(=O)c2ccc(-c3ccc(-c4ccc(-c5ccc(-c6ccc(C(=O)c7cc(OCCCCCCCCCCCC)c(OCCCCCCCCCCCC)c(OCCCCCCCCCCCC)c7)s6)s5)s4)s3)s2)cc(OCCCCCCCCCCCC)c1OCCCCCCCCCCCC. The van der Waals surface area contributed by atoms with Crippen molar-refractivity contribution in [2.75, 3.05) is 39.6 Å². The second kappa shape index (κ2) is 66.6. The number of carbonyl (C=O) groups is 2. The summed E-state index contributed by atoms with van der Waals surface area (Å²) in [6, 6.07) is 29.4. The summed E-state index contributed by atoms with van der Waals surface area (Å²) >= 11 is 8.48. The fraction of sp³-hybridized carbons (Fsp3) is 0.679. The Bertz CT molecular complexity index is 3330. The summed E-state index contributed by atoms with van der Waals surface area (Å²) in [5.41, 5.74) is 1.15. The van der Waals surface area contributed by atoms with Gasteiger partial charge in [-0.25, -0.2) is 0 Å². The quantitative estimate of drug-likeness (QED) is 0.0275. The van der Waals surface area contributed by atoms with Gasteiger partial charge in [-0.3, -0.25) is 9.59 Å². The Labute approximate surface area is 746 Å². The van der Waals surface area contributed by atoms with Crippen LogP contribution in [0.4, 0.5) is 0 Å². The Balaban J connectivity index is 1.03. The van der Waals surface area contributed by atoms with E-state index in [9.17, 15) is 9.59 Å². The lowest BCUT2D eigenvalue weighted by Crippen LogP contribution is -2.09. The van der Waals surface area contributed by atoms with Crippen LogP contribution >= 0.6 is 56.7 Å². The van der Waals surface area contributed by atoms with E-state index >= 15 is 0 Å². The molecule has 119 heavy (non-hydrogen) atoms. The van der Waals surface area contributed by atoms with E-state index in [0.29, 0.717) is 95.0 Å². The van der Waals surface area contributed by atoms with Crippen molar-refractivity contribution < 1.29 is 38.0 Å². The van der Waals surface area contributed by atoms with Crippen LogP contribution in [0.15, 0.2) is 84.9 Å². The van der Waals surface area contributed by atoms with Crippen LogP contribution in [-0.2, 0) is 0 Å². The lowest BCUT2D eigenvalue weighted by molar-refractivity contribution is 0.103. The zero-order valence-electron chi connectivity index (χ0n) is 76.1. The van der Waals surface area contributed by atoms with Gasteiger partial charge in [0, 0.05) is 50.1 Å². The number of benzene rings is 2. The lowest BCUT2D eigenvalue weighted by Gasteiger charge is -2.19. The van der Waals surface area contributed by atoms with Crippen LogP contribution in [0.5, 0.6) is 34.5 Å². The zero-order chi connectivity index (χ0) is 83.9. The molecule has 0 fully saturated rings. The highest BCUT2D eigenvalue weighted by Crippen LogP contribution is 2.47. The summed E-state index contributed by atoms with van der Waals surface area (Å²) in [5, 5.41) is 0. The number of ether oxygens (including phenoxy) is 6. The molecule has 0 saturated carbocycles. The molecule has 5 aromatic heterocycles. The molecule has 0 aliphatic heterocycles. The van der Waals surface area contributed by atoms with E-state index in [1.807, 2.05) is 47.7 Å². The van der Waals surface area contributed by atoms with Gasteiger partial charge in [0.05, 0.1) is 49.4 Å². The van der Waals surface area contributed by atoms with Crippen LogP contribution in [-0.4, -0.2) is 51.2 Å². The third kappa shape index (κ3) is 42.1. The van der Waals surface area contributed by atoms with Crippen molar-refractivity contribution in [1.82, 2.24) is 0 Å². The first-order valence-corrected chi connectivity index (χ1v) is 53.6. The lowest BCUT2D eigenvalue weighted by atomic mass is 10.1. The number of ketones is 2. The molecule has 0 saturated heterocycles. The van der Waals surface area contributed by atoms with Gasteiger partial charge in [-0.05, 0) is 123 Å². The molecule has 0 unspecified atom stereocenters. The summed E-state index contributed by atoms with van der Waals surface area (Å²) < 4.78 is 40.5. The Hall–Kier alpha value is -4.92. The van der Waals surface area contributed by atoms with Crippen LogP contribution in [0.1, 0.15) is 457 Å². The van der Waals surface area contributed by atoms with Crippen LogP contribution in [0.3, 0.4) is 0 Å². The number of hydrogen-bond donors (Lipinski definition) is 0.